The molecular formula is C11H6BrO2-. The van der Waals surface area contributed by atoms with E-state index in [1.807, 2.05) is 18.2 Å². The molecule has 0 N–H and O–H groups in total. The number of carboxylic acids is 1. The fraction of sp³-hybridized carbons (Fsp3) is 0. The molecule has 14 heavy (non-hydrogen) atoms. The average molecular weight is 250 g/mol. The lowest BCUT2D eigenvalue weighted by atomic mass is 10.1. The van der Waals surface area contributed by atoms with Gasteiger partial charge in [0.15, 0.2) is 0 Å². The van der Waals surface area contributed by atoms with Crippen LogP contribution in [0.1, 0.15) is 10.4 Å². The molecule has 0 amide bonds. The zero-order chi connectivity index (χ0) is 10.1. The van der Waals surface area contributed by atoms with Crippen molar-refractivity contribution in [2.45, 2.75) is 0 Å². The van der Waals surface area contributed by atoms with E-state index in [1.54, 1.807) is 18.2 Å². The van der Waals surface area contributed by atoms with Crippen molar-refractivity contribution in [2.24, 2.45) is 0 Å². The number of hydrogen-bond donors (Lipinski definition) is 0. The molecule has 0 unspecified atom stereocenters. The van der Waals surface area contributed by atoms with Gasteiger partial charge in [-0.2, -0.15) is 0 Å². The molecule has 0 aliphatic carbocycles. The van der Waals surface area contributed by atoms with Crippen LogP contribution in [0.2, 0.25) is 0 Å². The van der Waals surface area contributed by atoms with Crippen molar-refractivity contribution in [3.8, 4) is 0 Å². The molecule has 0 saturated carbocycles. The Balaban J connectivity index is 2.67. The summed E-state index contributed by atoms with van der Waals surface area (Å²) < 4.78 is 0.978. The van der Waals surface area contributed by atoms with Gasteiger partial charge in [-0.1, -0.05) is 34.1 Å². The summed E-state index contributed by atoms with van der Waals surface area (Å²) in [6, 6.07) is 10.6. The summed E-state index contributed by atoms with van der Waals surface area (Å²) in [4.78, 5) is 10.6. The van der Waals surface area contributed by atoms with Crippen molar-refractivity contribution in [3.63, 3.8) is 0 Å². The van der Waals surface area contributed by atoms with Crippen molar-refractivity contribution in [3.05, 3.63) is 46.4 Å². The van der Waals surface area contributed by atoms with Gasteiger partial charge in [-0.15, -0.1) is 0 Å². The van der Waals surface area contributed by atoms with Gasteiger partial charge in [0.05, 0.1) is 5.97 Å². The highest BCUT2D eigenvalue weighted by Gasteiger charge is 1.97. The summed E-state index contributed by atoms with van der Waals surface area (Å²) in [6.07, 6.45) is 0. The van der Waals surface area contributed by atoms with Crippen LogP contribution in [0, 0.1) is 0 Å². The standard InChI is InChI=1S/C11H7BrO2/c12-10-4-3-7-5-9(11(13)14)2-1-8(7)6-10/h1-6H,(H,13,14)/p-1. The van der Waals surface area contributed by atoms with Gasteiger partial charge in [0.25, 0.3) is 0 Å². The Labute approximate surface area is 89.3 Å². The maximum absolute atomic E-state index is 10.6. The molecule has 3 heteroatoms. The molecule has 0 radical (unpaired) electrons. The maximum atomic E-state index is 10.6. The molecule has 0 atom stereocenters. The Kier molecular flexibility index (Phi) is 2.25. The minimum absolute atomic E-state index is 0.208. The van der Waals surface area contributed by atoms with Gasteiger partial charge < -0.3 is 9.90 Å². The Morgan fingerprint density at radius 1 is 1.07 bits per heavy atom. The number of rotatable bonds is 1. The molecule has 0 saturated heterocycles. The van der Waals surface area contributed by atoms with Gasteiger partial charge in [0, 0.05) is 4.47 Å². The van der Waals surface area contributed by atoms with E-state index in [0.717, 1.165) is 15.2 Å². The van der Waals surface area contributed by atoms with Crippen LogP contribution in [0.4, 0.5) is 0 Å². The van der Waals surface area contributed by atoms with Crippen LogP contribution in [-0.2, 0) is 0 Å². The van der Waals surface area contributed by atoms with Crippen molar-refractivity contribution in [1.29, 1.82) is 0 Å². The number of fused-ring (bicyclic) bond motifs is 1. The molecule has 70 valence electrons. The monoisotopic (exact) mass is 249 g/mol. The number of carboxylic acid groups (broad SMARTS) is 1. The third kappa shape index (κ3) is 1.63. The summed E-state index contributed by atoms with van der Waals surface area (Å²) in [7, 11) is 0. The Bertz CT molecular complexity index is 506. The maximum Gasteiger partial charge on any atom is 0.0715 e. The van der Waals surface area contributed by atoms with Crippen molar-refractivity contribution >= 4 is 32.7 Å². The van der Waals surface area contributed by atoms with Crippen LogP contribution in [0.25, 0.3) is 10.8 Å². The molecule has 0 bridgehead atoms. The summed E-state index contributed by atoms with van der Waals surface area (Å²) in [5.74, 6) is -1.14. The quantitative estimate of drug-likeness (QED) is 0.776. The molecule has 0 fully saturated rings. The van der Waals surface area contributed by atoms with Crippen molar-refractivity contribution in [2.75, 3.05) is 0 Å². The lowest BCUT2D eigenvalue weighted by Gasteiger charge is -2.04. The number of hydrogen-bond acceptors (Lipinski definition) is 2. The second-order valence-electron chi connectivity index (χ2n) is 2.99. The third-order valence-corrected chi connectivity index (χ3v) is 2.53. The van der Waals surface area contributed by atoms with Gasteiger partial charge in [0.1, 0.15) is 0 Å². The normalized spacial score (nSPS) is 10.4. The minimum atomic E-state index is -1.14. The first-order chi connectivity index (χ1) is 6.66. The molecule has 0 aliphatic heterocycles. The van der Waals surface area contributed by atoms with Crippen LogP contribution >= 0.6 is 15.9 Å². The molecule has 2 rings (SSSR count). The number of carbonyl (C=O) groups is 1. The van der Waals surface area contributed by atoms with E-state index in [1.165, 1.54) is 0 Å². The number of halogens is 1. The molecule has 0 aromatic heterocycles. The van der Waals surface area contributed by atoms with Crippen LogP contribution in [0.5, 0.6) is 0 Å². The van der Waals surface area contributed by atoms with Crippen LogP contribution < -0.4 is 5.11 Å². The number of carbonyl (C=O) groups excluding carboxylic acids is 1. The zero-order valence-corrected chi connectivity index (χ0v) is 8.74. The van der Waals surface area contributed by atoms with Gasteiger partial charge in [-0.25, -0.2) is 0 Å². The third-order valence-electron chi connectivity index (χ3n) is 2.04. The first kappa shape index (κ1) is 9.21. The highest BCUT2D eigenvalue weighted by atomic mass is 79.9. The minimum Gasteiger partial charge on any atom is -0.545 e. The molecule has 2 nitrogen and oxygen atoms in total. The lowest BCUT2D eigenvalue weighted by Crippen LogP contribution is -2.21. The summed E-state index contributed by atoms with van der Waals surface area (Å²) in [6.45, 7) is 0. The smallest absolute Gasteiger partial charge is 0.0715 e. The SMILES string of the molecule is O=C([O-])c1ccc2cc(Br)ccc2c1. The van der Waals surface area contributed by atoms with Crippen LogP contribution in [-0.4, -0.2) is 5.97 Å². The second-order valence-corrected chi connectivity index (χ2v) is 3.91. The van der Waals surface area contributed by atoms with Gasteiger partial charge >= 0.3 is 0 Å². The lowest BCUT2D eigenvalue weighted by molar-refractivity contribution is -0.255. The van der Waals surface area contributed by atoms with E-state index in [9.17, 15) is 9.90 Å². The molecule has 2 aromatic carbocycles. The van der Waals surface area contributed by atoms with Crippen molar-refractivity contribution < 1.29 is 9.90 Å². The largest absolute Gasteiger partial charge is 0.545 e. The van der Waals surface area contributed by atoms with Gasteiger partial charge in [-0.05, 0) is 34.5 Å². The van der Waals surface area contributed by atoms with E-state index in [4.69, 9.17) is 0 Å². The van der Waals surface area contributed by atoms with Crippen molar-refractivity contribution in [1.82, 2.24) is 0 Å². The van der Waals surface area contributed by atoms with Gasteiger partial charge in [-0.3, -0.25) is 0 Å². The number of aromatic carboxylic acids is 1. The molecule has 0 heterocycles. The Morgan fingerprint density at radius 2 is 1.71 bits per heavy atom. The van der Waals surface area contributed by atoms with E-state index in [0.29, 0.717) is 0 Å². The fourth-order valence-electron chi connectivity index (χ4n) is 1.34. The Morgan fingerprint density at radius 3 is 2.43 bits per heavy atom. The first-order valence-electron chi connectivity index (χ1n) is 4.07. The predicted octanol–water partition coefficient (Wildman–Crippen LogP) is 1.97. The van der Waals surface area contributed by atoms with Crippen LogP contribution in [0.15, 0.2) is 40.9 Å². The average Bonchev–Trinajstić information content (AvgIpc) is 2.16. The predicted molar refractivity (Wildman–Crippen MR) is 56.0 cm³/mol. The van der Waals surface area contributed by atoms with E-state index < -0.39 is 5.97 Å². The zero-order valence-electron chi connectivity index (χ0n) is 7.16. The first-order valence-corrected chi connectivity index (χ1v) is 4.87. The summed E-state index contributed by atoms with van der Waals surface area (Å²) >= 11 is 3.35. The molecule has 0 aliphatic rings. The fourth-order valence-corrected chi connectivity index (χ4v) is 1.72. The molecular weight excluding hydrogens is 244 g/mol. The topological polar surface area (TPSA) is 40.1 Å². The highest BCUT2D eigenvalue weighted by Crippen LogP contribution is 2.20. The molecule has 2 aromatic rings. The van der Waals surface area contributed by atoms with E-state index in [-0.39, 0.29) is 5.56 Å². The van der Waals surface area contributed by atoms with E-state index in [2.05, 4.69) is 15.9 Å². The van der Waals surface area contributed by atoms with Gasteiger partial charge in [0.2, 0.25) is 0 Å². The number of benzene rings is 2. The Hall–Kier alpha value is -1.35. The highest BCUT2D eigenvalue weighted by molar-refractivity contribution is 9.10. The van der Waals surface area contributed by atoms with E-state index >= 15 is 0 Å². The summed E-state index contributed by atoms with van der Waals surface area (Å²) in [5.41, 5.74) is 0.208. The second kappa shape index (κ2) is 3.42. The van der Waals surface area contributed by atoms with Crippen LogP contribution in [0.3, 0.4) is 0 Å². The summed E-state index contributed by atoms with van der Waals surface area (Å²) in [5, 5.41) is 12.5. The molecule has 0 spiro atoms.